The van der Waals surface area contributed by atoms with Gasteiger partial charge in [-0.1, -0.05) is 158 Å². The number of aromatic nitrogens is 5. The SMILES string of the molecule is c1ccc(-c2cc(-c3ccccc3)nc(-c3ccc(-c4nc(-c5ccccc5)nc(-n5c6ccccc6c6ccc7c8ccccc8oc7c65)n4)cc3)c2)cc1. The van der Waals surface area contributed by atoms with Gasteiger partial charge in [-0.05, 0) is 41.5 Å². The van der Waals surface area contributed by atoms with E-state index in [1.807, 2.05) is 72.8 Å². The lowest BCUT2D eigenvalue weighted by Crippen LogP contribution is -2.06. The molecule has 0 aliphatic rings. The van der Waals surface area contributed by atoms with Gasteiger partial charge in [0.25, 0.3) is 0 Å². The van der Waals surface area contributed by atoms with Gasteiger partial charge in [0.1, 0.15) is 11.1 Å². The number of nitrogens with zero attached hydrogens (tertiary/aromatic N) is 5. The fourth-order valence-electron chi connectivity index (χ4n) is 7.77. The number of fused-ring (bicyclic) bond motifs is 7. The van der Waals surface area contributed by atoms with Gasteiger partial charge in [-0.3, -0.25) is 4.57 Å². The number of hydrogen-bond acceptors (Lipinski definition) is 5. The van der Waals surface area contributed by atoms with E-state index < -0.39 is 0 Å². The first kappa shape index (κ1) is 31.8. The predicted molar refractivity (Wildman–Crippen MR) is 226 cm³/mol. The molecule has 0 unspecified atom stereocenters. The summed E-state index contributed by atoms with van der Waals surface area (Å²) >= 11 is 0. The van der Waals surface area contributed by atoms with Gasteiger partial charge in [0.05, 0.1) is 16.9 Å². The number of pyridine rings is 1. The van der Waals surface area contributed by atoms with E-state index in [0.29, 0.717) is 17.6 Å². The van der Waals surface area contributed by atoms with Crippen molar-refractivity contribution in [1.29, 1.82) is 0 Å². The monoisotopic (exact) mass is 717 g/mol. The summed E-state index contributed by atoms with van der Waals surface area (Å²) in [6, 6.07) is 64.4. The van der Waals surface area contributed by atoms with Gasteiger partial charge in [0.2, 0.25) is 5.95 Å². The van der Waals surface area contributed by atoms with E-state index in [1.54, 1.807) is 0 Å². The number of para-hydroxylation sites is 2. The van der Waals surface area contributed by atoms with Gasteiger partial charge in [0, 0.05) is 43.8 Å². The Bertz CT molecular complexity index is 3170. The highest BCUT2D eigenvalue weighted by atomic mass is 16.3. The Kier molecular flexibility index (Phi) is 7.38. The molecule has 0 N–H and O–H groups in total. The van der Waals surface area contributed by atoms with Gasteiger partial charge in [-0.15, -0.1) is 0 Å². The Hall–Kier alpha value is -7.70. The highest BCUT2D eigenvalue weighted by molar-refractivity contribution is 6.21. The molecule has 0 aliphatic carbocycles. The lowest BCUT2D eigenvalue weighted by molar-refractivity contribution is 0.670. The molecule has 262 valence electrons. The van der Waals surface area contributed by atoms with Gasteiger partial charge >= 0.3 is 0 Å². The molecule has 0 fully saturated rings. The van der Waals surface area contributed by atoms with Crippen molar-refractivity contribution < 1.29 is 4.42 Å². The first-order chi connectivity index (χ1) is 27.7. The summed E-state index contributed by atoms with van der Waals surface area (Å²) in [5.74, 6) is 1.67. The van der Waals surface area contributed by atoms with Crippen molar-refractivity contribution in [2.45, 2.75) is 0 Å². The van der Waals surface area contributed by atoms with Crippen molar-refractivity contribution in [1.82, 2.24) is 24.5 Å². The Morgan fingerprint density at radius 3 is 1.57 bits per heavy atom. The van der Waals surface area contributed by atoms with Crippen LogP contribution in [0, 0.1) is 0 Å². The van der Waals surface area contributed by atoms with Crippen molar-refractivity contribution in [3.8, 4) is 62.4 Å². The van der Waals surface area contributed by atoms with E-state index >= 15 is 0 Å². The first-order valence-corrected chi connectivity index (χ1v) is 18.6. The number of benzene rings is 7. The third-order valence-corrected chi connectivity index (χ3v) is 10.5. The average molecular weight is 718 g/mol. The van der Waals surface area contributed by atoms with Gasteiger partial charge < -0.3 is 4.42 Å². The molecule has 11 aromatic rings. The number of rotatable bonds is 6. The zero-order chi connectivity index (χ0) is 37.0. The molecule has 0 aliphatic heterocycles. The van der Waals surface area contributed by atoms with E-state index in [0.717, 1.165) is 88.5 Å². The minimum absolute atomic E-state index is 0.516. The van der Waals surface area contributed by atoms with Crippen LogP contribution in [0.3, 0.4) is 0 Å². The Labute approximate surface area is 322 Å². The molecule has 7 aromatic carbocycles. The van der Waals surface area contributed by atoms with E-state index in [4.69, 9.17) is 24.4 Å². The van der Waals surface area contributed by atoms with Gasteiger partial charge in [-0.2, -0.15) is 9.97 Å². The fourth-order valence-corrected chi connectivity index (χ4v) is 7.77. The molecule has 11 rings (SSSR count). The quantitative estimate of drug-likeness (QED) is 0.171. The van der Waals surface area contributed by atoms with E-state index in [2.05, 4.69) is 120 Å². The second-order valence-corrected chi connectivity index (χ2v) is 13.9. The lowest BCUT2D eigenvalue weighted by Gasteiger charge is -2.12. The Morgan fingerprint density at radius 2 is 0.875 bits per heavy atom. The van der Waals surface area contributed by atoms with Gasteiger partial charge in [-0.25, -0.2) is 9.97 Å². The van der Waals surface area contributed by atoms with Crippen molar-refractivity contribution >= 4 is 43.7 Å². The molecule has 56 heavy (non-hydrogen) atoms. The topological polar surface area (TPSA) is 69.6 Å². The molecular formula is C50H31N5O. The van der Waals surface area contributed by atoms with Gasteiger partial charge in [0.15, 0.2) is 17.2 Å². The summed E-state index contributed by atoms with van der Waals surface area (Å²) < 4.78 is 8.75. The summed E-state index contributed by atoms with van der Waals surface area (Å²) in [6.45, 7) is 0. The largest absolute Gasteiger partial charge is 0.454 e. The van der Waals surface area contributed by atoms with Crippen molar-refractivity contribution in [3.05, 3.63) is 188 Å². The molecule has 0 saturated heterocycles. The van der Waals surface area contributed by atoms with E-state index in [1.165, 1.54) is 0 Å². The third-order valence-electron chi connectivity index (χ3n) is 10.5. The number of furan rings is 1. The fraction of sp³-hybridized carbons (Fsp3) is 0. The summed E-state index contributed by atoms with van der Waals surface area (Å²) in [5, 5.41) is 4.28. The molecule has 0 bridgehead atoms. The van der Waals surface area contributed by atoms with E-state index in [9.17, 15) is 0 Å². The highest BCUT2D eigenvalue weighted by Gasteiger charge is 2.22. The smallest absolute Gasteiger partial charge is 0.238 e. The second-order valence-electron chi connectivity index (χ2n) is 13.9. The van der Waals surface area contributed by atoms with Crippen LogP contribution in [0.25, 0.3) is 106 Å². The summed E-state index contributed by atoms with van der Waals surface area (Å²) in [6.07, 6.45) is 0. The lowest BCUT2D eigenvalue weighted by atomic mass is 9.99. The molecule has 0 amide bonds. The van der Waals surface area contributed by atoms with Crippen LogP contribution >= 0.6 is 0 Å². The molecule has 4 heterocycles. The van der Waals surface area contributed by atoms with Crippen LogP contribution in [0.5, 0.6) is 0 Å². The Balaban J connectivity index is 1.09. The van der Waals surface area contributed by atoms with Crippen LogP contribution in [0.1, 0.15) is 0 Å². The molecule has 0 saturated carbocycles. The summed E-state index contributed by atoms with van der Waals surface area (Å²) in [4.78, 5) is 20.6. The zero-order valence-electron chi connectivity index (χ0n) is 30.0. The average Bonchev–Trinajstić information content (AvgIpc) is 3.83. The van der Waals surface area contributed by atoms with E-state index in [-0.39, 0.29) is 0 Å². The molecule has 6 heteroatoms. The van der Waals surface area contributed by atoms with Crippen molar-refractivity contribution in [2.75, 3.05) is 0 Å². The van der Waals surface area contributed by atoms with Crippen LogP contribution in [-0.2, 0) is 0 Å². The summed E-state index contributed by atoms with van der Waals surface area (Å²) in [5.41, 5.74) is 11.4. The molecular weight excluding hydrogens is 687 g/mol. The maximum atomic E-state index is 6.62. The van der Waals surface area contributed by atoms with Crippen molar-refractivity contribution in [2.24, 2.45) is 0 Å². The normalized spacial score (nSPS) is 11.6. The van der Waals surface area contributed by atoms with Crippen LogP contribution in [-0.4, -0.2) is 24.5 Å². The molecule has 6 nitrogen and oxygen atoms in total. The predicted octanol–water partition coefficient (Wildman–Crippen LogP) is 12.6. The highest BCUT2D eigenvalue weighted by Crippen LogP contribution is 2.40. The van der Waals surface area contributed by atoms with Crippen LogP contribution < -0.4 is 0 Å². The molecule has 0 atom stereocenters. The minimum Gasteiger partial charge on any atom is -0.454 e. The molecule has 0 radical (unpaired) electrons. The molecule has 0 spiro atoms. The zero-order valence-corrected chi connectivity index (χ0v) is 30.0. The standard InChI is InChI=1S/C50H31N5O/c1-4-14-32(15-5-1)37-30-42(33-16-6-2-7-17-33)51-43(31-37)34-24-26-36(27-25-34)49-52-48(35-18-8-3-9-19-35)53-50(54-49)55-44-22-12-10-20-38(44)40-28-29-41-39-21-11-13-23-45(39)56-47(41)46(40)55/h1-31H. The van der Waals surface area contributed by atoms with Crippen LogP contribution in [0.15, 0.2) is 192 Å². The third kappa shape index (κ3) is 5.35. The maximum Gasteiger partial charge on any atom is 0.238 e. The summed E-state index contributed by atoms with van der Waals surface area (Å²) in [7, 11) is 0. The number of hydrogen-bond donors (Lipinski definition) is 0. The van der Waals surface area contributed by atoms with Crippen LogP contribution in [0.4, 0.5) is 0 Å². The van der Waals surface area contributed by atoms with Crippen LogP contribution in [0.2, 0.25) is 0 Å². The maximum absolute atomic E-state index is 6.62. The van der Waals surface area contributed by atoms with Crippen molar-refractivity contribution in [3.63, 3.8) is 0 Å². The second kappa shape index (κ2) is 13.0. The Morgan fingerprint density at radius 1 is 0.357 bits per heavy atom. The first-order valence-electron chi connectivity index (χ1n) is 18.6. The molecule has 4 aromatic heterocycles. The minimum atomic E-state index is 0.516.